The second kappa shape index (κ2) is 5.23. The standard InChI is InChI=1S/C11H6BrF3O2/c12-3-1-2-7-4-8(10(16)17)6-9(5-7)11(13,14)15/h4-6H,3H2,(H,16,17). The monoisotopic (exact) mass is 306 g/mol. The average Bonchev–Trinajstić information content (AvgIpc) is 2.24. The molecule has 1 rings (SSSR count). The number of aromatic carboxylic acids is 1. The molecule has 0 radical (unpaired) electrons. The summed E-state index contributed by atoms with van der Waals surface area (Å²) in [5.41, 5.74) is -1.42. The van der Waals surface area contributed by atoms with Crippen LogP contribution in [0.4, 0.5) is 13.2 Å². The first-order chi connectivity index (χ1) is 7.84. The van der Waals surface area contributed by atoms with E-state index in [2.05, 4.69) is 27.8 Å². The second-order valence-corrected chi connectivity index (χ2v) is 3.60. The van der Waals surface area contributed by atoms with Gasteiger partial charge in [-0.2, -0.15) is 13.2 Å². The predicted molar refractivity (Wildman–Crippen MR) is 59.1 cm³/mol. The highest BCUT2D eigenvalue weighted by Gasteiger charge is 2.31. The molecule has 0 heterocycles. The molecule has 2 nitrogen and oxygen atoms in total. The van der Waals surface area contributed by atoms with Gasteiger partial charge in [0.1, 0.15) is 0 Å². The molecule has 0 aliphatic heterocycles. The van der Waals surface area contributed by atoms with Gasteiger partial charge in [0.25, 0.3) is 0 Å². The molecule has 0 aliphatic carbocycles. The molecule has 0 atom stereocenters. The zero-order valence-corrected chi connectivity index (χ0v) is 9.89. The number of hydrogen-bond donors (Lipinski definition) is 1. The first-order valence-corrected chi connectivity index (χ1v) is 5.47. The third-order valence-corrected chi connectivity index (χ3v) is 2.09. The van der Waals surface area contributed by atoms with Crippen LogP contribution in [-0.2, 0) is 6.18 Å². The van der Waals surface area contributed by atoms with Gasteiger partial charge in [0.05, 0.1) is 16.5 Å². The summed E-state index contributed by atoms with van der Waals surface area (Å²) in [6.07, 6.45) is -4.59. The molecule has 0 saturated carbocycles. The van der Waals surface area contributed by atoms with Crippen LogP contribution >= 0.6 is 15.9 Å². The smallest absolute Gasteiger partial charge is 0.416 e. The fraction of sp³-hybridized carbons (Fsp3) is 0.182. The van der Waals surface area contributed by atoms with E-state index < -0.39 is 23.3 Å². The van der Waals surface area contributed by atoms with E-state index >= 15 is 0 Å². The van der Waals surface area contributed by atoms with E-state index in [-0.39, 0.29) is 5.56 Å². The van der Waals surface area contributed by atoms with Crippen LogP contribution in [0.2, 0.25) is 0 Å². The molecular formula is C11H6BrF3O2. The van der Waals surface area contributed by atoms with Crippen molar-refractivity contribution in [3.8, 4) is 11.8 Å². The SMILES string of the molecule is O=C(O)c1cc(C#CCBr)cc(C(F)(F)F)c1. The van der Waals surface area contributed by atoms with Crippen molar-refractivity contribution in [3.63, 3.8) is 0 Å². The van der Waals surface area contributed by atoms with E-state index in [4.69, 9.17) is 5.11 Å². The van der Waals surface area contributed by atoms with Crippen LogP contribution in [0, 0.1) is 11.8 Å². The fourth-order valence-corrected chi connectivity index (χ4v) is 1.26. The fourth-order valence-electron chi connectivity index (χ4n) is 1.12. The topological polar surface area (TPSA) is 37.3 Å². The molecule has 1 aromatic carbocycles. The molecule has 1 N–H and O–H groups in total. The van der Waals surface area contributed by atoms with Crippen LogP contribution in [0.15, 0.2) is 18.2 Å². The molecule has 17 heavy (non-hydrogen) atoms. The van der Waals surface area contributed by atoms with Gasteiger partial charge in [-0.05, 0) is 18.2 Å². The van der Waals surface area contributed by atoms with Crippen LogP contribution in [0.3, 0.4) is 0 Å². The van der Waals surface area contributed by atoms with Crippen LogP contribution < -0.4 is 0 Å². The van der Waals surface area contributed by atoms with Crippen molar-refractivity contribution in [1.82, 2.24) is 0 Å². The molecule has 0 aromatic heterocycles. The number of carboxylic acid groups (broad SMARTS) is 1. The molecule has 0 bridgehead atoms. The summed E-state index contributed by atoms with van der Waals surface area (Å²) in [6, 6.07) is 2.51. The van der Waals surface area contributed by atoms with Gasteiger partial charge in [-0.1, -0.05) is 27.8 Å². The second-order valence-electron chi connectivity index (χ2n) is 3.04. The lowest BCUT2D eigenvalue weighted by Gasteiger charge is -2.08. The van der Waals surface area contributed by atoms with Crippen molar-refractivity contribution in [2.24, 2.45) is 0 Å². The summed E-state index contributed by atoms with van der Waals surface area (Å²) >= 11 is 3.00. The lowest BCUT2D eigenvalue weighted by Crippen LogP contribution is -2.08. The van der Waals surface area contributed by atoms with Crippen molar-refractivity contribution in [2.75, 3.05) is 5.33 Å². The van der Waals surface area contributed by atoms with Gasteiger partial charge in [0, 0.05) is 5.56 Å². The summed E-state index contributed by atoms with van der Waals surface area (Å²) in [7, 11) is 0. The van der Waals surface area contributed by atoms with Gasteiger partial charge in [0.15, 0.2) is 0 Å². The lowest BCUT2D eigenvalue weighted by molar-refractivity contribution is -0.137. The van der Waals surface area contributed by atoms with E-state index in [0.717, 1.165) is 12.1 Å². The molecule has 0 unspecified atom stereocenters. The minimum atomic E-state index is -4.59. The van der Waals surface area contributed by atoms with Gasteiger partial charge in [0.2, 0.25) is 0 Å². The van der Waals surface area contributed by atoms with Gasteiger partial charge in [-0.15, -0.1) is 0 Å². The largest absolute Gasteiger partial charge is 0.478 e. The third-order valence-electron chi connectivity index (χ3n) is 1.81. The molecule has 0 saturated heterocycles. The Hall–Kier alpha value is -1.48. The van der Waals surface area contributed by atoms with Gasteiger partial charge in [-0.25, -0.2) is 4.79 Å². The average molecular weight is 307 g/mol. The number of carbonyl (C=O) groups is 1. The Labute approximate surface area is 104 Å². The summed E-state index contributed by atoms with van der Waals surface area (Å²) in [5.74, 6) is 3.54. The van der Waals surface area contributed by atoms with Gasteiger partial charge >= 0.3 is 12.1 Å². The molecule has 0 aliphatic rings. The Morgan fingerprint density at radius 2 is 2.00 bits per heavy atom. The quantitative estimate of drug-likeness (QED) is 0.639. The Bertz CT molecular complexity index is 498. The maximum Gasteiger partial charge on any atom is 0.416 e. The minimum Gasteiger partial charge on any atom is -0.478 e. The van der Waals surface area contributed by atoms with Crippen LogP contribution in [0.5, 0.6) is 0 Å². The molecule has 0 amide bonds. The highest BCUT2D eigenvalue weighted by molar-refractivity contribution is 9.09. The number of alkyl halides is 4. The Morgan fingerprint density at radius 1 is 1.35 bits per heavy atom. The van der Waals surface area contributed by atoms with Crippen LogP contribution in [0.1, 0.15) is 21.5 Å². The first-order valence-electron chi connectivity index (χ1n) is 4.35. The zero-order valence-electron chi connectivity index (χ0n) is 8.31. The Kier molecular flexibility index (Phi) is 4.18. The zero-order chi connectivity index (χ0) is 13.1. The summed E-state index contributed by atoms with van der Waals surface area (Å²) in [5, 5.41) is 9.00. The predicted octanol–water partition coefficient (Wildman–Crippen LogP) is 3.15. The van der Waals surface area contributed by atoms with Crippen LogP contribution in [0.25, 0.3) is 0 Å². The van der Waals surface area contributed by atoms with Crippen LogP contribution in [-0.4, -0.2) is 16.4 Å². The highest BCUT2D eigenvalue weighted by atomic mass is 79.9. The molecule has 1 aromatic rings. The molecule has 90 valence electrons. The minimum absolute atomic E-state index is 0.0247. The highest BCUT2D eigenvalue weighted by Crippen LogP contribution is 2.30. The molecule has 0 fully saturated rings. The first kappa shape index (κ1) is 13.6. The van der Waals surface area contributed by atoms with Gasteiger partial charge in [-0.3, -0.25) is 0 Å². The van der Waals surface area contributed by atoms with Crippen molar-refractivity contribution < 1.29 is 23.1 Å². The maximum atomic E-state index is 12.5. The van der Waals surface area contributed by atoms with Crippen molar-refractivity contribution >= 4 is 21.9 Å². The Morgan fingerprint density at radius 3 is 2.47 bits per heavy atom. The van der Waals surface area contributed by atoms with Crippen molar-refractivity contribution in [1.29, 1.82) is 0 Å². The number of carboxylic acids is 1. The number of benzene rings is 1. The maximum absolute atomic E-state index is 12.5. The number of halogens is 4. The summed E-state index contributed by atoms with van der Waals surface area (Å²) < 4.78 is 37.4. The normalized spacial score (nSPS) is 10.6. The van der Waals surface area contributed by atoms with E-state index in [9.17, 15) is 18.0 Å². The molecular weight excluding hydrogens is 301 g/mol. The summed E-state index contributed by atoms with van der Waals surface area (Å²) in [4.78, 5) is 10.7. The molecule has 0 spiro atoms. The van der Waals surface area contributed by atoms with E-state index in [0.29, 0.717) is 11.4 Å². The lowest BCUT2D eigenvalue weighted by atomic mass is 10.1. The van der Waals surface area contributed by atoms with Gasteiger partial charge < -0.3 is 5.11 Å². The van der Waals surface area contributed by atoms with E-state index in [1.165, 1.54) is 0 Å². The van der Waals surface area contributed by atoms with E-state index in [1.54, 1.807) is 0 Å². The Balaban J connectivity index is 3.34. The van der Waals surface area contributed by atoms with Crippen molar-refractivity contribution in [3.05, 3.63) is 34.9 Å². The molecule has 6 heteroatoms. The van der Waals surface area contributed by atoms with Crippen molar-refractivity contribution in [2.45, 2.75) is 6.18 Å². The van der Waals surface area contributed by atoms with E-state index in [1.807, 2.05) is 0 Å². The number of rotatable bonds is 1. The third kappa shape index (κ3) is 3.79. The summed E-state index contributed by atoms with van der Waals surface area (Å²) in [6.45, 7) is 0. The number of hydrogen-bond acceptors (Lipinski definition) is 1.